The lowest BCUT2D eigenvalue weighted by Crippen LogP contribution is -2.22. The highest BCUT2D eigenvalue weighted by Gasteiger charge is 2.26. The number of hydrogen-bond donors (Lipinski definition) is 1. The quantitative estimate of drug-likeness (QED) is 0.749. The first-order valence-corrected chi connectivity index (χ1v) is 8.07. The summed E-state index contributed by atoms with van der Waals surface area (Å²) in [5, 5.41) is 3.64. The van der Waals surface area contributed by atoms with Crippen LogP contribution in [0.5, 0.6) is 11.5 Å². The molecule has 0 saturated heterocycles. The van der Waals surface area contributed by atoms with Gasteiger partial charge >= 0.3 is 0 Å². The van der Waals surface area contributed by atoms with Crippen LogP contribution < -0.4 is 14.8 Å². The molecule has 120 valence electrons. The molecule has 0 amide bonds. The molecule has 0 fully saturated rings. The zero-order chi connectivity index (χ0) is 16.1. The fraction of sp³-hybridized carbons (Fsp3) is 0.211. The van der Waals surface area contributed by atoms with Crippen molar-refractivity contribution in [3.8, 4) is 17.2 Å². The third-order valence-electron chi connectivity index (χ3n) is 4.61. The second-order valence-corrected chi connectivity index (χ2v) is 6.15. The molecule has 0 saturated carbocycles. The first-order valence-electron chi connectivity index (χ1n) is 8.07. The third kappa shape index (κ3) is 2.02. The second kappa shape index (κ2) is 5.11. The van der Waals surface area contributed by atoms with Gasteiger partial charge in [-0.2, -0.15) is 0 Å². The Bertz CT molecular complexity index is 932. The molecule has 24 heavy (non-hydrogen) atoms. The molecule has 1 aromatic carbocycles. The first kappa shape index (κ1) is 13.6. The van der Waals surface area contributed by atoms with Crippen LogP contribution >= 0.6 is 0 Å². The molecule has 5 rings (SSSR count). The maximum absolute atomic E-state index is 5.56. The van der Waals surface area contributed by atoms with Crippen molar-refractivity contribution < 1.29 is 9.47 Å². The van der Waals surface area contributed by atoms with Gasteiger partial charge in [0.2, 0.25) is 6.79 Å². The van der Waals surface area contributed by atoms with E-state index in [1.54, 1.807) is 0 Å². The molecule has 1 N–H and O–H groups in total. The molecule has 2 aliphatic heterocycles. The zero-order valence-corrected chi connectivity index (χ0v) is 13.3. The molecular weight excluding hydrogens is 302 g/mol. The van der Waals surface area contributed by atoms with E-state index in [-0.39, 0.29) is 6.04 Å². The monoisotopic (exact) mass is 319 g/mol. The van der Waals surface area contributed by atoms with E-state index in [1.165, 1.54) is 11.3 Å². The van der Waals surface area contributed by atoms with Crippen LogP contribution in [-0.2, 0) is 6.54 Å². The molecule has 0 bridgehead atoms. The van der Waals surface area contributed by atoms with Crippen LogP contribution in [0, 0.1) is 6.92 Å². The molecule has 3 aromatic rings. The van der Waals surface area contributed by atoms with Crippen LogP contribution in [0.1, 0.15) is 28.7 Å². The molecule has 5 heteroatoms. The molecule has 1 atom stereocenters. The molecule has 0 spiro atoms. The molecule has 1 unspecified atom stereocenters. The molecule has 2 aliphatic rings. The number of ether oxygens (including phenoxy) is 2. The lowest BCUT2D eigenvalue weighted by molar-refractivity contribution is 0.174. The average molecular weight is 319 g/mol. The number of fused-ring (bicyclic) bond motifs is 4. The van der Waals surface area contributed by atoms with Crippen LogP contribution in [0.15, 0.2) is 48.7 Å². The van der Waals surface area contributed by atoms with Gasteiger partial charge in [0, 0.05) is 30.2 Å². The normalized spacial score (nSPS) is 18.0. The Morgan fingerprint density at radius 1 is 1.12 bits per heavy atom. The minimum Gasteiger partial charge on any atom is -0.454 e. The van der Waals surface area contributed by atoms with Crippen molar-refractivity contribution in [2.24, 2.45) is 0 Å². The molecular formula is C19H17N3O2. The minimum absolute atomic E-state index is 0.0453. The Balaban J connectivity index is 1.66. The van der Waals surface area contributed by atoms with Crippen molar-refractivity contribution in [1.29, 1.82) is 0 Å². The van der Waals surface area contributed by atoms with Gasteiger partial charge in [0.15, 0.2) is 11.5 Å². The molecule has 5 nitrogen and oxygen atoms in total. The van der Waals surface area contributed by atoms with Crippen LogP contribution in [-0.4, -0.2) is 16.3 Å². The van der Waals surface area contributed by atoms with Crippen molar-refractivity contribution in [1.82, 2.24) is 14.9 Å². The van der Waals surface area contributed by atoms with Crippen LogP contribution in [0.3, 0.4) is 0 Å². The van der Waals surface area contributed by atoms with E-state index in [1.807, 2.05) is 13.0 Å². The lowest BCUT2D eigenvalue weighted by atomic mass is 10.1. The van der Waals surface area contributed by atoms with Crippen molar-refractivity contribution in [2.75, 3.05) is 6.79 Å². The summed E-state index contributed by atoms with van der Waals surface area (Å²) in [4.78, 5) is 4.72. The molecule has 4 heterocycles. The van der Waals surface area contributed by atoms with E-state index in [0.29, 0.717) is 6.79 Å². The number of aromatic nitrogens is 2. The highest BCUT2D eigenvalue weighted by molar-refractivity contribution is 5.57. The van der Waals surface area contributed by atoms with Gasteiger partial charge in [-0.05, 0) is 42.8 Å². The Hall–Kier alpha value is -2.79. The summed E-state index contributed by atoms with van der Waals surface area (Å²) in [5.41, 5.74) is 5.54. The van der Waals surface area contributed by atoms with Crippen LogP contribution in [0.2, 0.25) is 0 Å². The SMILES string of the molecule is Cc1cccc(C2NCc3cc4c(cc3-n3cccc32)OCO4)n1. The predicted molar refractivity (Wildman–Crippen MR) is 89.5 cm³/mol. The van der Waals surface area contributed by atoms with E-state index in [4.69, 9.17) is 14.5 Å². The van der Waals surface area contributed by atoms with Crippen molar-refractivity contribution >= 4 is 0 Å². The number of aryl methyl sites for hydroxylation is 1. The van der Waals surface area contributed by atoms with Gasteiger partial charge in [0.25, 0.3) is 0 Å². The average Bonchev–Trinajstić information content (AvgIpc) is 3.20. The van der Waals surface area contributed by atoms with Crippen LogP contribution in [0.4, 0.5) is 0 Å². The summed E-state index contributed by atoms with van der Waals surface area (Å²) >= 11 is 0. The molecule has 0 radical (unpaired) electrons. The summed E-state index contributed by atoms with van der Waals surface area (Å²) in [6, 6.07) is 14.5. The Kier molecular flexibility index (Phi) is 2.90. The largest absolute Gasteiger partial charge is 0.454 e. The number of hydrogen-bond acceptors (Lipinski definition) is 4. The zero-order valence-electron chi connectivity index (χ0n) is 13.3. The van der Waals surface area contributed by atoms with E-state index >= 15 is 0 Å². The standard InChI is InChI=1S/C19H17N3O2/c1-12-4-2-5-14(21-12)19-15-6-3-7-22(15)16-9-18-17(23-11-24-18)8-13(16)10-20-19/h2-9,19-20H,10-11H2,1H3. The van der Waals surface area contributed by atoms with Crippen molar-refractivity contribution in [3.63, 3.8) is 0 Å². The van der Waals surface area contributed by atoms with Gasteiger partial charge in [-0.25, -0.2) is 0 Å². The van der Waals surface area contributed by atoms with Gasteiger partial charge < -0.3 is 14.0 Å². The summed E-state index contributed by atoms with van der Waals surface area (Å²) in [6.45, 7) is 3.06. The number of benzene rings is 1. The molecule has 0 aliphatic carbocycles. The smallest absolute Gasteiger partial charge is 0.231 e. The third-order valence-corrected chi connectivity index (χ3v) is 4.61. The number of rotatable bonds is 1. The van der Waals surface area contributed by atoms with Gasteiger partial charge in [0.05, 0.1) is 17.4 Å². The first-order chi connectivity index (χ1) is 11.8. The summed E-state index contributed by atoms with van der Waals surface area (Å²) in [7, 11) is 0. The fourth-order valence-corrected chi connectivity index (χ4v) is 3.49. The maximum atomic E-state index is 5.56. The summed E-state index contributed by atoms with van der Waals surface area (Å²) in [5.74, 6) is 1.62. The van der Waals surface area contributed by atoms with Crippen LogP contribution in [0.25, 0.3) is 5.69 Å². The summed E-state index contributed by atoms with van der Waals surface area (Å²) < 4.78 is 13.3. The second-order valence-electron chi connectivity index (χ2n) is 6.15. The highest BCUT2D eigenvalue weighted by Crippen LogP contribution is 2.39. The molecule has 2 aromatic heterocycles. The topological polar surface area (TPSA) is 48.3 Å². The predicted octanol–water partition coefficient (Wildman–Crippen LogP) is 3.10. The van der Waals surface area contributed by atoms with Gasteiger partial charge in [0.1, 0.15) is 0 Å². The number of nitrogens with zero attached hydrogens (tertiary/aromatic N) is 2. The maximum Gasteiger partial charge on any atom is 0.231 e. The Morgan fingerprint density at radius 3 is 2.88 bits per heavy atom. The fourth-order valence-electron chi connectivity index (χ4n) is 3.49. The van der Waals surface area contributed by atoms with Gasteiger partial charge in [-0.15, -0.1) is 0 Å². The van der Waals surface area contributed by atoms with E-state index in [9.17, 15) is 0 Å². The summed E-state index contributed by atoms with van der Waals surface area (Å²) in [6.07, 6.45) is 2.09. The van der Waals surface area contributed by atoms with Gasteiger partial charge in [-0.1, -0.05) is 6.07 Å². The Labute approximate surface area is 139 Å². The van der Waals surface area contributed by atoms with Crippen molar-refractivity contribution in [3.05, 3.63) is 71.3 Å². The Morgan fingerprint density at radius 2 is 2.00 bits per heavy atom. The lowest BCUT2D eigenvalue weighted by Gasteiger charge is -2.17. The van der Waals surface area contributed by atoms with Gasteiger partial charge in [-0.3, -0.25) is 10.3 Å². The number of nitrogens with one attached hydrogen (secondary N) is 1. The van der Waals surface area contributed by atoms with E-state index in [2.05, 4.69) is 52.5 Å². The number of pyridine rings is 1. The van der Waals surface area contributed by atoms with Crippen molar-refractivity contribution in [2.45, 2.75) is 19.5 Å². The minimum atomic E-state index is 0.0453. The highest BCUT2D eigenvalue weighted by atomic mass is 16.7. The van der Waals surface area contributed by atoms with E-state index in [0.717, 1.165) is 35.1 Å². The van der Waals surface area contributed by atoms with E-state index < -0.39 is 0 Å².